The van der Waals surface area contributed by atoms with Crippen LogP contribution >= 0.6 is 31.5 Å². The first kappa shape index (κ1) is 25.6. The highest BCUT2D eigenvalue weighted by molar-refractivity contribution is 7.33. The van der Waals surface area contributed by atoms with E-state index in [-0.39, 0.29) is 35.8 Å². The summed E-state index contributed by atoms with van der Waals surface area (Å²) in [6, 6.07) is 0. The Morgan fingerprint density at radius 1 is 0.789 bits per heavy atom. The van der Waals surface area contributed by atoms with Gasteiger partial charge in [-0.1, -0.05) is 23.2 Å². The summed E-state index contributed by atoms with van der Waals surface area (Å²) in [5.41, 5.74) is 12.4. The highest BCUT2D eigenvalue weighted by Gasteiger charge is 2.46. The van der Waals surface area contributed by atoms with Gasteiger partial charge >= 0.3 is 8.25 Å². The van der Waals surface area contributed by atoms with E-state index in [0.717, 1.165) is 25.7 Å². The maximum Gasteiger partial charge on any atom is 0.323 e. The number of fused-ring (bicyclic) bond motifs is 2. The second kappa shape index (κ2) is 9.83. The molecule has 2 fully saturated rings. The SMILES string of the molecule is Nc1nc(Cl)c2ncn(CC3(OCO[PH](=O)OCOC4(Cn5cnc6c(Cl)nc(N)nc65)CC4)CC3)c2n1. The lowest BCUT2D eigenvalue weighted by atomic mass is 10.3. The maximum absolute atomic E-state index is 12.2. The van der Waals surface area contributed by atoms with Crippen LogP contribution in [-0.2, 0) is 36.2 Å². The van der Waals surface area contributed by atoms with Crippen LogP contribution in [0.25, 0.3) is 22.3 Å². The zero-order valence-electron chi connectivity index (χ0n) is 19.8. The molecule has 0 aliphatic heterocycles. The summed E-state index contributed by atoms with van der Waals surface area (Å²) in [5, 5.41) is 0.375. The molecule has 2 aliphatic rings. The molecule has 38 heavy (non-hydrogen) atoms. The van der Waals surface area contributed by atoms with Gasteiger partial charge in [0.15, 0.2) is 35.2 Å². The molecule has 202 valence electrons. The molecule has 6 rings (SSSR count). The quantitative estimate of drug-likeness (QED) is 0.140. The Bertz CT molecular complexity index is 1430. The summed E-state index contributed by atoms with van der Waals surface area (Å²) >= 11 is 12.2. The molecule has 2 saturated carbocycles. The van der Waals surface area contributed by atoms with Gasteiger partial charge in [0, 0.05) is 0 Å². The van der Waals surface area contributed by atoms with E-state index in [0.29, 0.717) is 35.4 Å². The second-order valence-electron chi connectivity index (χ2n) is 9.26. The number of nitrogens with two attached hydrogens (primary N) is 2. The van der Waals surface area contributed by atoms with Crippen molar-refractivity contribution >= 4 is 65.7 Å². The van der Waals surface area contributed by atoms with Crippen LogP contribution in [0.1, 0.15) is 25.7 Å². The number of ether oxygens (including phenoxy) is 2. The number of imidazole rings is 2. The Balaban J connectivity index is 0.964. The fraction of sp³-hybridized carbons (Fsp3) is 0.500. The molecule has 18 heteroatoms. The minimum absolute atomic E-state index is 0.0609. The van der Waals surface area contributed by atoms with Gasteiger partial charge in [0.2, 0.25) is 11.9 Å². The molecular formula is C20H23Cl2N10O5P. The largest absolute Gasteiger partial charge is 0.368 e. The van der Waals surface area contributed by atoms with Gasteiger partial charge in [-0.25, -0.2) is 9.97 Å². The molecule has 2 aliphatic carbocycles. The van der Waals surface area contributed by atoms with Crippen LogP contribution in [0.15, 0.2) is 12.7 Å². The van der Waals surface area contributed by atoms with Crippen LogP contribution in [0.3, 0.4) is 0 Å². The van der Waals surface area contributed by atoms with Crippen LogP contribution < -0.4 is 11.5 Å². The summed E-state index contributed by atoms with van der Waals surface area (Å²) < 4.78 is 38.1. The zero-order valence-corrected chi connectivity index (χ0v) is 22.4. The van der Waals surface area contributed by atoms with Crippen molar-refractivity contribution in [1.29, 1.82) is 0 Å². The number of rotatable bonds is 12. The molecule has 4 aromatic heterocycles. The number of nitrogen functional groups attached to an aromatic ring is 2. The van der Waals surface area contributed by atoms with Gasteiger partial charge in [-0.2, -0.15) is 19.9 Å². The second-order valence-corrected chi connectivity index (χ2v) is 11.1. The molecular weight excluding hydrogens is 562 g/mol. The maximum atomic E-state index is 12.2. The van der Waals surface area contributed by atoms with Crippen LogP contribution in [0, 0.1) is 0 Å². The summed E-state index contributed by atoms with van der Waals surface area (Å²) in [4.78, 5) is 24.7. The Labute approximate surface area is 225 Å². The average molecular weight is 585 g/mol. The van der Waals surface area contributed by atoms with Crippen molar-refractivity contribution in [1.82, 2.24) is 39.0 Å². The van der Waals surface area contributed by atoms with Gasteiger partial charge in [0.1, 0.15) is 11.0 Å². The van der Waals surface area contributed by atoms with Crippen LogP contribution in [0.5, 0.6) is 0 Å². The molecule has 0 aromatic carbocycles. The normalized spacial score (nSPS) is 17.6. The molecule has 4 heterocycles. The minimum atomic E-state index is -2.84. The molecule has 4 N–H and O–H groups in total. The zero-order chi connectivity index (χ0) is 26.5. The number of nitrogens with zero attached hydrogens (tertiary/aromatic N) is 8. The highest BCUT2D eigenvalue weighted by Crippen LogP contribution is 2.44. The number of hydrogen-bond donors (Lipinski definition) is 2. The van der Waals surface area contributed by atoms with E-state index < -0.39 is 19.5 Å². The molecule has 0 atom stereocenters. The lowest BCUT2D eigenvalue weighted by Gasteiger charge is -2.18. The molecule has 0 amide bonds. The van der Waals surface area contributed by atoms with E-state index in [4.69, 9.17) is 53.2 Å². The van der Waals surface area contributed by atoms with Crippen molar-refractivity contribution < 1.29 is 23.1 Å². The third kappa shape index (κ3) is 5.27. The Hall–Kier alpha value is -2.65. The monoisotopic (exact) mass is 584 g/mol. The fourth-order valence-corrected chi connectivity index (χ4v) is 4.96. The van der Waals surface area contributed by atoms with Crippen molar-refractivity contribution in [2.75, 3.05) is 25.1 Å². The van der Waals surface area contributed by atoms with E-state index in [9.17, 15) is 4.57 Å². The number of anilines is 2. The molecule has 0 saturated heterocycles. The lowest BCUT2D eigenvalue weighted by Crippen LogP contribution is -2.23. The predicted molar refractivity (Wildman–Crippen MR) is 136 cm³/mol. The van der Waals surface area contributed by atoms with Crippen LogP contribution in [0.4, 0.5) is 11.9 Å². The minimum Gasteiger partial charge on any atom is -0.368 e. The van der Waals surface area contributed by atoms with Crippen molar-refractivity contribution in [2.24, 2.45) is 0 Å². The molecule has 0 radical (unpaired) electrons. The first-order valence-electron chi connectivity index (χ1n) is 11.6. The summed E-state index contributed by atoms with van der Waals surface area (Å²) in [7, 11) is -2.84. The number of aromatic nitrogens is 8. The van der Waals surface area contributed by atoms with Gasteiger partial charge in [0.05, 0.1) is 36.9 Å². The van der Waals surface area contributed by atoms with E-state index >= 15 is 0 Å². The van der Waals surface area contributed by atoms with E-state index in [1.807, 2.05) is 0 Å². The Morgan fingerprint density at radius 3 is 1.61 bits per heavy atom. The first-order valence-corrected chi connectivity index (χ1v) is 13.6. The standard InChI is InChI=1S/C20H23Cl2N10O5P/c21-13-11-15(29-17(23)27-13)31(7-25-11)5-19(1-2-19)34-9-36-38(33)37-10-35-20(3-4-20)6-32-8-26-12-14(22)28-18(24)30-16(12)32/h7-8,38H,1-6,9-10H2,(H2,23,27,29)(H2,24,28,30). The van der Waals surface area contributed by atoms with Crippen LogP contribution in [0.2, 0.25) is 10.3 Å². The van der Waals surface area contributed by atoms with Gasteiger partial charge in [-0.3, -0.25) is 13.6 Å². The Kier molecular flexibility index (Phi) is 6.63. The van der Waals surface area contributed by atoms with Gasteiger partial charge < -0.3 is 30.1 Å². The average Bonchev–Trinajstić information content (AvgIpc) is 3.72. The Morgan fingerprint density at radius 2 is 1.21 bits per heavy atom. The van der Waals surface area contributed by atoms with E-state index in [1.165, 1.54) is 0 Å². The van der Waals surface area contributed by atoms with Crippen molar-refractivity contribution in [3.05, 3.63) is 23.0 Å². The topological polar surface area (TPSA) is 193 Å². The van der Waals surface area contributed by atoms with E-state index in [2.05, 4.69) is 29.9 Å². The van der Waals surface area contributed by atoms with Gasteiger partial charge in [-0.05, 0) is 25.7 Å². The molecule has 0 unspecified atom stereocenters. The van der Waals surface area contributed by atoms with Crippen molar-refractivity contribution in [3.63, 3.8) is 0 Å². The summed E-state index contributed by atoms with van der Waals surface area (Å²) in [6.45, 7) is 0.516. The predicted octanol–water partition coefficient (Wildman–Crippen LogP) is 2.57. The third-order valence-electron chi connectivity index (χ3n) is 6.49. The summed E-state index contributed by atoms with van der Waals surface area (Å²) in [6.07, 6.45) is 6.39. The molecule has 0 bridgehead atoms. The van der Waals surface area contributed by atoms with Crippen molar-refractivity contribution in [3.8, 4) is 0 Å². The number of halogens is 2. The van der Waals surface area contributed by atoms with E-state index in [1.54, 1.807) is 21.8 Å². The van der Waals surface area contributed by atoms with Gasteiger partial charge in [-0.15, -0.1) is 0 Å². The van der Waals surface area contributed by atoms with Crippen molar-refractivity contribution in [2.45, 2.75) is 50.0 Å². The third-order valence-corrected chi connectivity index (χ3v) is 7.73. The van der Waals surface area contributed by atoms with Crippen LogP contribution in [-0.4, -0.2) is 63.8 Å². The number of hydrogen-bond acceptors (Lipinski definition) is 13. The molecule has 4 aromatic rings. The lowest BCUT2D eigenvalue weighted by molar-refractivity contribution is -0.0808. The smallest absolute Gasteiger partial charge is 0.323 e. The molecule has 15 nitrogen and oxygen atoms in total. The first-order chi connectivity index (χ1) is 18.2. The van der Waals surface area contributed by atoms with Gasteiger partial charge in [0.25, 0.3) is 0 Å². The molecule has 0 spiro atoms. The summed E-state index contributed by atoms with van der Waals surface area (Å²) in [5.74, 6) is 0.122. The highest BCUT2D eigenvalue weighted by atomic mass is 35.5. The fourth-order valence-electron chi connectivity index (χ4n) is 4.13.